The van der Waals surface area contributed by atoms with Crippen LogP contribution in [0, 0.1) is 40.4 Å². The zero-order chi connectivity index (χ0) is 24.2. The van der Waals surface area contributed by atoms with E-state index in [1.807, 2.05) is 0 Å². The average Bonchev–Trinajstić information content (AvgIpc) is 3.20. The van der Waals surface area contributed by atoms with Gasteiger partial charge in [0.1, 0.15) is 5.60 Å². The number of hydrogen-bond acceptors (Lipinski definition) is 8. The highest BCUT2D eigenvalue weighted by atomic mass is 16.6. The van der Waals surface area contributed by atoms with Crippen LogP contribution in [0.5, 0.6) is 0 Å². The number of piperidine rings is 1. The van der Waals surface area contributed by atoms with Gasteiger partial charge in [-0.1, -0.05) is 6.92 Å². The minimum atomic E-state index is -0.881. The lowest BCUT2D eigenvalue weighted by atomic mass is 9.43. The first-order valence-electron chi connectivity index (χ1n) is 13.1. The van der Waals surface area contributed by atoms with Crippen LogP contribution in [0.15, 0.2) is 0 Å². The molecule has 2 N–H and O–H groups in total. The molecule has 8 heteroatoms. The number of carbonyl (C=O) groups excluding carboxylic acids is 1. The lowest BCUT2D eigenvalue weighted by Gasteiger charge is -2.69. The topological polar surface area (TPSA) is 97.7 Å². The summed E-state index contributed by atoms with van der Waals surface area (Å²) in [6.45, 7) is 6.02. The highest BCUT2D eigenvalue weighted by Gasteiger charge is 2.87. The summed E-state index contributed by atoms with van der Waals surface area (Å²) in [6, 6.07) is 0.0230. The number of aliphatic hydroxyl groups excluding tert-OH is 2. The predicted octanol–water partition coefficient (Wildman–Crippen LogP) is 1.07. The SMILES string of the molecule is CCN1C[C@]2(COC)CC[C@H](O)[C@]34C1[C@H]([C@H](OC)[C@H]23)[C@@]1(OC(C)=O)C[C@H](OC)[C@H]2C[C@@H]4[C@@H]1[C@H]2O. The Morgan fingerprint density at radius 2 is 1.91 bits per heavy atom. The Hall–Kier alpha value is -0.770. The molecule has 6 fully saturated rings. The second kappa shape index (κ2) is 7.62. The molecule has 0 aromatic carbocycles. The number of esters is 1. The van der Waals surface area contributed by atoms with Crippen molar-refractivity contribution in [2.24, 2.45) is 40.4 Å². The molecule has 1 aliphatic heterocycles. The molecule has 1 spiro atoms. The summed E-state index contributed by atoms with van der Waals surface area (Å²) < 4.78 is 24.6. The number of hydrogen-bond donors (Lipinski definition) is 2. The number of likely N-dealkylation sites (tertiary alicyclic amines) is 1. The molecular weight excluding hydrogens is 438 g/mol. The lowest BCUT2D eigenvalue weighted by molar-refractivity contribution is -0.277. The number of nitrogens with zero attached hydrogens (tertiary/aromatic N) is 1. The zero-order valence-electron chi connectivity index (χ0n) is 21.1. The van der Waals surface area contributed by atoms with Crippen molar-refractivity contribution in [2.45, 2.75) is 75.6 Å². The summed E-state index contributed by atoms with van der Waals surface area (Å²) in [5.74, 6) is -0.593. The van der Waals surface area contributed by atoms with E-state index in [0.717, 1.165) is 32.4 Å². The van der Waals surface area contributed by atoms with Crippen LogP contribution < -0.4 is 0 Å². The third-order valence-electron chi connectivity index (χ3n) is 11.4. The van der Waals surface area contributed by atoms with E-state index in [4.69, 9.17) is 18.9 Å². The van der Waals surface area contributed by atoms with Crippen molar-refractivity contribution in [3.8, 4) is 0 Å². The van der Waals surface area contributed by atoms with Crippen LogP contribution in [0.2, 0.25) is 0 Å². The van der Waals surface area contributed by atoms with Crippen molar-refractivity contribution in [2.75, 3.05) is 41.0 Å². The zero-order valence-corrected chi connectivity index (χ0v) is 21.1. The molecule has 1 saturated heterocycles. The second-order valence-electron chi connectivity index (χ2n) is 12.1. The van der Waals surface area contributed by atoms with E-state index in [2.05, 4.69) is 11.8 Å². The number of rotatable bonds is 6. The Balaban J connectivity index is 1.65. The van der Waals surface area contributed by atoms with Crippen LogP contribution in [-0.2, 0) is 23.7 Å². The molecular formula is C26H41NO7. The summed E-state index contributed by atoms with van der Waals surface area (Å²) in [5.41, 5.74) is -1.45. The van der Waals surface area contributed by atoms with E-state index in [1.54, 1.807) is 21.3 Å². The van der Waals surface area contributed by atoms with Gasteiger partial charge >= 0.3 is 5.97 Å². The van der Waals surface area contributed by atoms with E-state index >= 15 is 0 Å². The number of ether oxygens (including phenoxy) is 4. The average molecular weight is 480 g/mol. The minimum Gasteiger partial charge on any atom is -0.458 e. The van der Waals surface area contributed by atoms with Crippen LogP contribution in [-0.4, -0.2) is 98.2 Å². The molecule has 8 nitrogen and oxygen atoms in total. The van der Waals surface area contributed by atoms with Crippen molar-refractivity contribution in [1.29, 1.82) is 0 Å². The number of aliphatic hydroxyl groups is 2. The van der Waals surface area contributed by atoms with Gasteiger partial charge in [-0.15, -0.1) is 0 Å². The molecule has 34 heavy (non-hydrogen) atoms. The molecule has 0 radical (unpaired) electrons. The maximum Gasteiger partial charge on any atom is 0.303 e. The van der Waals surface area contributed by atoms with Gasteiger partial charge < -0.3 is 29.2 Å². The van der Waals surface area contributed by atoms with Crippen LogP contribution in [0.1, 0.15) is 39.5 Å². The molecule has 1 heterocycles. The van der Waals surface area contributed by atoms with Crippen LogP contribution in [0.3, 0.4) is 0 Å². The highest BCUT2D eigenvalue weighted by Crippen LogP contribution is 2.79. The van der Waals surface area contributed by atoms with Gasteiger partial charge in [-0.3, -0.25) is 9.69 Å². The monoisotopic (exact) mass is 479 g/mol. The maximum absolute atomic E-state index is 12.7. The van der Waals surface area contributed by atoms with Gasteiger partial charge in [0.25, 0.3) is 0 Å². The second-order valence-corrected chi connectivity index (χ2v) is 12.1. The Kier molecular flexibility index (Phi) is 5.29. The quantitative estimate of drug-likeness (QED) is 0.546. The standard InChI is InChI=1S/C26H41NO7/c1-6-27-11-24(12-31-3)8-7-17(29)26-15-9-14-16(32-4)10-25(34-13(2)28,18(15)20(14)30)19(23(26)27)21(33-5)22(24)26/h14-23,29-30H,6-12H2,1-5H3/t14-,15-,16+,17+,18-,19+,20+,21+,22-,23?,24+,25-,26+/m1/s1. The molecule has 5 aliphatic carbocycles. The van der Waals surface area contributed by atoms with Crippen molar-refractivity contribution < 1.29 is 34.0 Å². The first-order valence-corrected chi connectivity index (χ1v) is 13.1. The van der Waals surface area contributed by atoms with Crippen molar-refractivity contribution >= 4 is 5.97 Å². The molecule has 0 aromatic rings. The largest absolute Gasteiger partial charge is 0.458 e. The van der Waals surface area contributed by atoms with E-state index in [9.17, 15) is 15.0 Å². The van der Waals surface area contributed by atoms with Gasteiger partial charge in [0.05, 0.1) is 31.0 Å². The summed E-state index contributed by atoms with van der Waals surface area (Å²) in [7, 11) is 5.23. The van der Waals surface area contributed by atoms with Gasteiger partial charge in [-0.05, 0) is 31.7 Å². The lowest BCUT2D eigenvalue weighted by Crippen LogP contribution is -2.76. The molecule has 192 valence electrons. The van der Waals surface area contributed by atoms with Crippen molar-refractivity contribution in [1.82, 2.24) is 4.90 Å². The molecule has 6 rings (SSSR count). The van der Waals surface area contributed by atoms with Crippen molar-refractivity contribution in [3.63, 3.8) is 0 Å². The molecule has 1 unspecified atom stereocenters. The molecule has 0 amide bonds. The van der Waals surface area contributed by atoms with Crippen LogP contribution >= 0.6 is 0 Å². The minimum absolute atomic E-state index is 0.0137. The predicted molar refractivity (Wildman–Crippen MR) is 122 cm³/mol. The van der Waals surface area contributed by atoms with Crippen LogP contribution in [0.4, 0.5) is 0 Å². The Morgan fingerprint density at radius 3 is 2.53 bits per heavy atom. The molecule has 0 aromatic heterocycles. The first-order chi connectivity index (χ1) is 16.3. The fraction of sp³-hybridized carbons (Fsp3) is 0.962. The smallest absolute Gasteiger partial charge is 0.303 e. The van der Waals surface area contributed by atoms with Gasteiger partial charge in [0.2, 0.25) is 0 Å². The summed E-state index contributed by atoms with van der Waals surface area (Å²) in [6.07, 6.45) is 1.46. The number of fused-ring (bicyclic) bond motifs is 2. The molecule has 7 bridgehead atoms. The number of methoxy groups -OCH3 is 3. The van der Waals surface area contributed by atoms with Gasteiger partial charge in [-0.25, -0.2) is 0 Å². The van der Waals surface area contributed by atoms with Gasteiger partial charge in [0.15, 0.2) is 0 Å². The highest BCUT2D eigenvalue weighted by molar-refractivity contribution is 5.67. The van der Waals surface area contributed by atoms with E-state index in [-0.39, 0.29) is 59.2 Å². The van der Waals surface area contributed by atoms with E-state index in [1.165, 1.54) is 6.92 Å². The normalized spacial score (nSPS) is 57.0. The Labute approximate surface area is 202 Å². The fourth-order valence-corrected chi connectivity index (χ4v) is 11.1. The first kappa shape index (κ1) is 23.6. The summed E-state index contributed by atoms with van der Waals surface area (Å²) in [4.78, 5) is 15.2. The number of carbonyl (C=O) groups is 1. The maximum atomic E-state index is 12.7. The Bertz CT molecular complexity index is 855. The third-order valence-corrected chi connectivity index (χ3v) is 11.4. The third kappa shape index (κ3) is 2.44. The molecule has 5 saturated carbocycles. The summed E-state index contributed by atoms with van der Waals surface area (Å²) in [5, 5.41) is 23.7. The summed E-state index contributed by atoms with van der Waals surface area (Å²) >= 11 is 0. The van der Waals surface area contributed by atoms with Gasteiger partial charge in [0, 0.05) is 81.8 Å². The fourth-order valence-electron chi connectivity index (χ4n) is 11.1. The van der Waals surface area contributed by atoms with Crippen LogP contribution in [0.25, 0.3) is 0 Å². The van der Waals surface area contributed by atoms with E-state index in [0.29, 0.717) is 13.0 Å². The van der Waals surface area contributed by atoms with Gasteiger partial charge in [-0.2, -0.15) is 0 Å². The molecule has 13 atom stereocenters. The Morgan fingerprint density at radius 1 is 1.15 bits per heavy atom. The molecule has 6 aliphatic rings. The van der Waals surface area contributed by atoms with E-state index < -0.39 is 23.2 Å². The van der Waals surface area contributed by atoms with Crippen molar-refractivity contribution in [3.05, 3.63) is 0 Å².